The zero-order valence-corrected chi connectivity index (χ0v) is 8.08. The van der Waals surface area contributed by atoms with Crippen molar-refractivity contribution in [1.29, 1.82) is 0 Å². The molecule has 4 heteroatoms. The Morgan fingerprint density at radius 3 is 2.62 bits per heavy atom. The Hall–Kier alpha value is -0.900. The van der Waals surface area contributed by atoms with Gasteiger partial charge in [-0.25, -0.2) is 0 Å². The Balaban J connectivity index is 2.59. The van der Waals surface area contributed by atoms with Gasteiger partial charge in [-0.3, -0.25) is 9.59 Å². The number of methoxy groups -OCH3 is 1. The molecule has 0 spiro atoms. The normalized spacial score (nSPS) is 19.7. The summed E-state index contributed by atoms with van der Waals surface area (Å²) in [7, 11) is 1.60. The van der Waals surface area contributed by atoms with Crippen LogP contribution >= 0.6 is 0 Å². The summed E-state index contributed by atoms with van der Waals surface area (Å²) < 4.78 is 4.99. The minimum atomic E-state index is -0.344. The second-order valence-corrected chi connectivity index (χ2v) is 3.19. The maximum Gasteiger partial charge on any atom is 0.290 e. The number of Topliss-reactive ketones (excluding diaryl/α,β-unsaturated/α-hetero) is 1. The Bertz CT molecular complexity index is 215. The molecule has 0 aliphatic carbocycles. The van der Waals surface area contributed by atoms with Crippen LogP contribution in [0.4, 0.5) is 0 Å². The molecule has 0 aromatic rings. The van der Waals surface area contributed by atoms with Crippen LogP contribution in [0.25, 0.3) is 0 Å². The van der Waals surface area contributed by atoms with Gasteiger partial charge in [0.2, 0.25) is 5.78 Å². The van der Waals surface area contributed by atoms with Crippen LogP contribution in [-0.2, 0) is 14.3 Å². The van der Waals surface area contributed by atoms with Gasteiger partial charge in [0, 0.05) is 20.1 Å². The molecule has 1 amide bonds. The third-order valence-electron chi connectivity index (χ3n) is 2.35. The first-order chi connectivity index (χ1) is 6.20. The average Bonchev–Trinajstić information content (AvgIpc) is 2.45. The standard InChI is InChI=1S/C9H15NO3/c1-3-7(6-13-2)10-5-4-8(11)9(10)12/h7H,3-6H2,1-2H3. The maximum atomic E-state index is 11.3. The number of rotatable bonds is 4. The van der Waals surface area contributed by atoms with Crippen LogP contribution in [0, 0.1) is 0 Å². The Labute approximate surface area is 77.8 Å². The predicted molar refractivity (Wildman–Crippen MR) is 47.3 cm³/mol. The van der Waals surface area contributed by atoms with Gasteiger partial charge in [-0.1, -0.05) is 6.92 Å². The Morgan fingerprint density at radius 1 is 1.54 bits per heavy atom. The summed E-state index contributed by atoms with van der Waals surface area (Å²) in [5.74, 6) is -0.613. The second kappa shape index (κ2) is 4.37. The molecule has 1 unspecified atom stereocenters. The molecule has 0 saturated carbocycles. The molecule has 4 nitrogen and oxygen atoms in total. The summed E-state index contributed by atoms with van der Waals surface area (Å²) in [6, 6.07) is 0.0592. The summed E-state index contributed by atoms with van der Waals surface area (Å²) in [5.41, 5.74) is 0. The van der Waals surface area contributed by atoms with E-state index in [0.29, 0.717) is 19.6 Å². The molecular formula is C9H15NO3. The van der Waals surface area contributed by atoms with E-state index in [2.05, 4.69) is 0 Å². The number of hydrogen-bond donors (Lipinski definition) is 0. The number of amides is 1. The third-order valence-corrected chi connectivity index (χ3v) is 2.35. The van der Waals surface area contributed by atoms with Crippen molar-refractivity contribution < 1.29 is 14.3 Å². The molecule has 1 aliphatic rings. The van der Waals surface area contributed by atoms with Crippen molar-refractivity contribution in [3.8, 4) is 0 Å². The van der Waals surface area contributed by atoms with Crippen LogP contribution in [0.5, 0.6) is 0 Å². The van der Waals surface area contributed by atoms with E-state index in [4.69, 9.17) is 4.74 Å². The Kier molecular flexibility index (Phi) is 3.42. The minimum Gasteiger partial charge on any atom is -0.383 e. The van der Waals surface area contributed by atoms with Gasteiger partial charge in [-0.2, -0.15) is 0 Å². The molecule has 1 rings (SSSR count). The fraction of sp³-hybridized carbons (Fsp3) is 0.778. The van der Waals surface area contributed by atoms with Crippen molar-refractivity contribution in [2.45, 2.75) is 25.8 Å². The monoisotopic (exact) mass is 185 g/mol. The highest BCUT2D eigenvalue weighted by atomic mass is 16.5. The molecule has 1 atom stereocenters. The van der Waals surface area contributed by atoms with E-state index < -0.39 is 0 Å². The number of carbonyl (C=O) groups excluding carboxylic acids is 2. The molecule has 0 radical (unpaired) electrons. The number of nitrogens with zero attached hydrogens (tertiary/aromatic N) is 1. The van der Waals surface area contributed by atoms with Gasteiger partial charge >= 0.3 is 0 Å². The lowest BCUT2D eigenvalue weighted by Gasteiger charge is -2.24. The number of likely N-dealkylation sites (tertiary alicyclic amines) is 1. The van der Waals surface area contributed by atoms with Gasteiger partial charge in [0.25, 0.3) is 5.91 Å². The lowest BCUT2D eigenvalue weighted by molar-refractivity contribution is -0.141. The van der Waals surface area contributed by atoms with E-state index in [9.17, 15) is 9.59 Å². The zero-order chi connectivity index (χ0) is 9.84. The maximum absolute atomic E-state index is 11.3. The fourth-order valence-electron chi connectivity index (χ4n) is 1.56. The smallest absolute Gasteiger partial charge is 0.290 e. The first kappa shape index (κ1) is 10.2. The van der Waals surface area contributed by atoms with Gasteiger partial charge in [-0.15, -0.1) is 0 Å². The molecule has 0 N–H and O–H groups in total. The molecular weight excluding hydrogens is 170 g/mol. The van der Waals surface area contributed by atoms with Crippen LogP contribution < -0.4 is 0 Å². The van der Waals surface area contributed by atoms with Gasteiger partial charge < -0.3 is 9.64 Å². The van der Waals surface area contributed by atoms with Gasteiger partial charge in [0.05, 0.1) is 12.6 Å². The minimum absolute atomic E-state index is 0.0592. The van der Waals surface area contributed by atoms with Gasteiger partial charge in [0.1, 0.15) is 0 Å². The van der Waals surface area contributed by atoms with E-state index >= 15 is 0 Å². The van der Waals surface area contributed by atoms with E-state index in [0.717, 1.165) is 6.42 Å². The van der Waals surface area contributed by atoms with E-state index in [1.54, 1.807) is 12.0 Å². The molecule has 1 aliphatic heterocycles. The fourth-order valence-corrected chi connectivity index (χ4v) is 1.56. The molecule has 0 aromatic carbocycles. The van der Waals surface area contributed by atoms with E-state index in [1.165, 1.54) is 0 Å². The summed E-state index contributed by atoms with van der Waals surface area (Å²) >= 11 is 0. The Morgan fingerprint density at radius 2 is 2.23 bits per heavy atom. The summed E-state index contributed by atoms with van der Waals surface area (Å²) in [6.45, 7) is 3.05. The zero-order valence-electron chi connectivity index (χ0n) is 8.08. The molecule has 1 fully saturated rings. The van der Waals surface area contributed by atoms with Gasteiger partial charge in [0.15, 0.2) is 0 Å². The van der Waals surface area contributed by atoms with Crippen molar-refractivity contribution >= 4 is 11.7 Å². The van der Waals surface area contributed by atoms with E-state index in [1.807, 2.05) is 6.92 Å². The van der Waals surface area contributed by atoms with Crippen LogP contribution in [0.1, 0.15) is 19.8 Å². The van der Waals surface area contributed by atoms with E-state index in [-0.39, 0.29) is 17.7 Å². The number of ketones is 1. The summed E-state index contributed by atoms with van der Waals surface area (Å²) in [4.78, 5) is 23.9. The molecule has 74 valence electrons. The number of carbonyl (C=O) groups is 2. The molecule has 1 saturated heterocycles. The molecule has 0 aromatic heterocycles. The second-order valence-electron chi connectivity index (χ2n) is 3.19. The van der Waals surface area contributed by atoms with Crippen molar-refractivity contribution in [3.05, 3.63) is 0 Å². The molecule has 13 heavy (non-hydrogen) atoms. The predicted octanol–water partition coefficient (Wildman–Crippen LogP) is 0.213. The SMILES string of the molecule is CCC(COC)N1CCC(=O)C1=O. The highest BCUT2D eigenvalue weighted by Gasteiger charge is 2.33. The topological polar surface area (TPSA) is 46.6 Å². The molecule has 0 bridgehead atoms. The summed E-state index contributed by atoms with van der Waals surface area (Å²) in [5, 5.41) is 0. The first-order valence-corrected chi connectivity index (χ1v) is 4.53. The lowest BCUT2D eigenvalue weighted by Crippen LogP contribution is -2.40. The van der Waals surface area contributed by atoms with Crippen LogP contribution in [0.15, 0.2) is 0 Å². The van der Waals surface area contributed by atoms with Crippen LogP contribution in [0.2, 0.25) is 0 Å². The molecule has 1 heterocycles. The first-order valence-electron chi connectivity index (χ1n) is 4.53. The van der Waals surface area contributed by atoms with Crippen LogP contribution in [0.3, 0.4) is 0 Å². The lowest BCUT2D eigenvalue weighted by atomic mass is 10.2. The van der Waals surface area contributed by atoms with Crippen molar-refractivity contribution in [1.82, 2.24) is 4.90 Å². The quantitative estimate of drug-likeness (QED) is 0.588. The highest BCUT2D eigenvalue weighted by molar-refractivity contribution is 6.37. The summed E-state index contributed by atoms with van der Waals surface area (Å²) in [6.07, 6.45) is 1.19. The van der Waals surface area contributed by atoms with Gasteiger partial charge in [-0.05, 0) is 6.42 Å². The van der Waals surface area contributed by atoms with Crippen LogP contribution in [-0.4, -0.2) is 42.9 Å². The highest BCUT2D eigenvalue weighted by Crippen LogP contribution is 2.13. The third kappa shape index (κ3) is 2.06. The van der Waals surface area contributed by atoms with Crippen molar-refractivity contribution in [2.75, 3.05) is 20.3 Å². The number of ether oxygens (including phenoxy) is 1. The largest absolute Gasteiger partial charge is 0.383 e. The number of hydrogen-bond acceptors (Lipinski definition) is 3. The van der Waals surface area contributed by atoms with Crippen molar-refractivity contribution in [3.63, 3.8) is 0 Å². The van der Waals surface area contributed by atoms with Crippen molar-refractivity contribution in [2.24, 2.45) is 0 Å². The average molecular weight is 185 g/mol.